The van der Waals surface area contributed by atoms with Crippen molar-refractivity contribution in [3.8, 4) is 0 Å². The molecule has 14 heavy (non-hydrogen) atoms. The van der Waals surface area contributed by atoms with E-state index >= 15 is 0 Å². The summed E-state index contributed by atoms with van der Waals surface area (Å²) in [4.78, 5) is 10.7. The van der Waals surface area contributed by atoms with Crippen LogP contribution in [0.25, 0.3) is 0 Å². The maximum Gasteiger partial charge on any atom is 0.317 e. The Kier molecular flexibility index (Phi) is 4.49. The van der Waals surface area contributed by atoms with Crippen molar-refractivity contribution < 1.29 is 9.90 Å². The molecule has 0 saturated carbocycles. The van der Waals surface area contributed by atoms with Crippen molar-refractivity contribution in [3.63, 3.8) is 0 Å². The number of aliphatic carboxylic acids is 1. The average molecular weight is 211 g/mol. The molecule has 0 fully saturated rings. The molecule has 3 N–H and O–H groups in total. The highest BCUT2D eigenvalue weighted by atomic mass is 32.2. The SMILES string of the molecule is NCC(SCc1ccccc1)C(=O)O. The summed E-state index contributed by atoms with van der Waals surface area (Å²) in [6.45, 7) is 0.173. The molecule has 0 amide bonds. The van der Waals surface area contributed by atoms with E-state index in [-0.39, 0.29) is 6.54 Å². The predicted molar refractivity (Wildman–Crippen MR) is 58.2 cm³/mol. The molecular formula is C10H13NO2S. The number of carboxylic acids is 1. The van der Waals surface area contributed by atoms with Crippen molar-refractivity contribution in [2.75, 3.05) is 6.54 Å². The number of benzene rings is 1. The van der Waals surface area contributed by atoms with Crippen molar-refractivity contribution in [3.05, 3.63) is 35.9 Å². The molecular weight excluding hydrogens is 198 g/mol. The second-order valence-corrected chi connectivity index (χ2v) is 4.05. The molecule has 0 radical (unpaired) electrons. The molecule has 0 aliphatic rings. The van der Waals surface area contributed by atoms with Gasteiger partial charge >= 0.3 is 5.97 Å². The Labute approximate surface area is 87.3 Å². The fourth-order valence-corrected chi connectivity index (χ4v) is 1.88. The fourth-order valence-electron chi connectivity index (χ4n) is 1.01. The van der Waals surface area contributed by atoms with Gasteiger partial charge in [-0.2, -0.15) is 0 Å². The van der Waals surface area contributed by atoms with Gasteiger partial charge in [0.1, 0.15) is 5.25 Å². The Morgan fingerprint density at radius 2 is 2.07 bits per heavy atom. The largest absolute Gasteiger partial charge is 0.480 e. The molecule has 1 aromatic carbocycles. The molecule has 4 heteroatoms. The third kappa shape index (κ3) is 3.40. The minimum atomic E-state index is -0.839. The van der Waals surface area contributed by atoms with Crippen molar-refractivity contribution in [2.24, 2.45) is 5.73 Å². The van der Waals surface area contributed by atoms with Crippen LogP contribution >= 0.6 is 11.8 Å². The topological polar surface area (TPSA) is 63.3 Å². The van der Waals surface area contributed by atoms with E-state index in [1.807, 2.05) is 30.3 Å². The van der Waals surface area contributed by atoms with Crippen LogP contribution in [0.1, 0.15) is 5.56 Å². The number of hydrogen-bond donors (Lipinski definition) is 2. The maximum absolute atomic E-state index is 10.7. The molecule has 1 unspecified atom stereocenters. The quantitative estimate of drug-likeness (QED) is 0.771. The molecule has 1 atom stereocenters. The highest BCUT2D eigenvalue weighted by Gasteiger charge is 2.15. The first-order valence-corrected chi connectivity index (χ1v) is 5.37. The minimum Gasteiger partial charge on any atom is -0.480 e. The van der Waals surface area contributed by atoms with Crippen molar-refractivity contribution >= 4 is 17.7 Å². The van der Waals surface area contributed by atoms with Gasteiger partial charge in [-0.25, -0.2) is 0 Å². The van der Waals surface area contributed by atoms with Gasteiger partial charge in [0.05, 0.1) is 0 Å². The highest BCUT2D eigenvalue weighted by Crippen LogP contribution is 2.16. The lowest BCUT2D eigenvalue weighted by atomic mass is 10.2. The van der Waals surface area contributed by atoms with Gasteiger partial charge in [0.15, 0.2) is 0 Å². The lowest BCUT2D eigenvalue weighted by Crippen LogP contribution is -2.26. The van der Waals surface area contributed by atoms with E-state index in [4.69, 9.17) is 10.8 Å². The maximum atomic E-state index is 10.7. The van der Waals surface area contributed by atoms with Gasteiger partial charge in [-0.3, -0.25) is 4.79 Å². The van der Waals surface area contributed by atoms with Gasteiger partial charge in [-0.1, -0.05) is 30.3 Å². The smallest absolute Gasteiger partial charge is 0.317 e. The summed E-state index contributed by atoms with van der Waals surface area (Å²) in [6, 6.07) is 9.76. The van der Waals surface area contributed by atoms with Crippen LogP contribution < -0.4 is 5.73 Å². The Morgan fingerprint density at radius 1 is 1.43 bits per heavy atom. The van der Waals surface area contributed by atoms with Crippen LogP contribution in [0.4, 0.5) is 0 Å². The lowest BCUT2D eigenvalue weighted by molar-refractivity contribution is -0.136. The number of carbonyl (C=O) groups is 1. The molecule has 0 saturated heterocycles. The van der Waals surface area contributed by atoms with Gasteiger partial charge < -0.3 is 10.8 Å². The van der Waals surface area contributed by atoms with Gasteiger partial charge in [-0.15, -0.1) is 11.8 Å². The molecule has 0 aromatic heterocycles. The second-order valence-electron chi connectivity index (χ2n) is 2.86. The molecule has 76 valence electrons. The van der Waals surface area contributed by atoms with Crippen molar-refractivity contribution in [1.29, 1.82) is 0 Å². The average Bonchev–Trinajstić information content (AvgIpc) is 2.20. The van der Waals surface area contributed by atoms with Gasteiger partial charge in [0.25, 0.3) is 0 Å². The molecule has 0 aliphatic carbocycles. The zero-order valence-corrected chi connectivity index (χ0v) is 8.54. The van der Waals surface area contributed by atoms with Gasteiger partial charge in [0, 0.05) is 12.3 Å². The molecule has 0 heterocycles. The van der Waals surface area contributed by atoms with Crippen LogP contribution in [-0.2, 0) is 10.5 Å². The summed E-state index contributed by atoms with van der Waals surface area (Å²) in [5.41, 5.74) is 6.46. The Balaban J connectivity index is 2.44. The standard InChI is InChI=1S/C10H13NO2S/c11-6-9(10(12)13)14-7-8-4-2-1-3-5-8/h1-5,9H,6-7,11H2,(H,12,13). The fraction of sp³-hybridized carbons (Fsp3) is 0.300. The van der Waals surface area contributed by atoms with E-state index in [0.29, 0.717) is 5.75 Å². The first kappa shape index (κ1) is 11.1. The van der Waals surface area contributed by atoms with Crippen LogP contribution in [-0.4, -0.2) is 22.9 Å². The van der Waals surface area contributed by atoms with Gasteiger partial charge in [0.2, 0.25) is 0 Å². The summed E-state index contributed by atoms with van der Waals surface area (Å²) in [5, 5.41) is 8.25. The lowest BCUT2D eigenvalue weighted by Gasteiger charge is -2.08. The first-order valence-electron chi connectivity index (χ1n) is 4.32. The molecule has 0 bridgehead atoms. The summed E-state index contributed by atoms with van der Waals surface area (Å²) >= 11 is 1.36. The van der Waals surface area contributed by atoms with E-state index < -0.39 is 11.2 Å². The third-order valence-electron chi connectivity index (χ3n) is 1.78. The minimum absolute atomic E-state index is 0.173. The van der Waals surface area contributed by atoms with Crippen LogP contribution in [0.5, 0.6) is 0 Å². The molecule has 3 nitrogen and oxygen atoms in total. The Morgan fingerprint density at radius 3 is 2.57 bits per heavy atom. The zero-order chi connectivity index (χ0) is 10.4. The number of hydrogen-bond acceptors (Lipinski definition) is 3. The van der Waals surface area contributed by atoms with Gasteiger partial charge in [-0.05, 0) is 5.56 Å². The van der Waals surface area contributed by atoms with Crippen molar-refractivity contribution in [1.82, 2.24) is 0 Å². The second kappa shape index (κ2) is 5.67. The van der Waals surface area contributed by atoms with Crippen LogP contribution in [0.2, 0.25) is 0 Å². The monoisotopic (exact) mass is 211 g/mol. The van der Waals surface area contributed by atoms with E-state index in [9.17, 15) is 4.79 Å². The first-order chi connectivity index (χ1) is 6.74. The van der Waals surface area contributed by atoms with E-state index in [1.54, 1.807) is 0 Å². The van der Waals surface area contributed by atoms with Crippen LogP contribution in [0, 0.1) is 0 Å². The third-order valence-corrected chi connectivity index (χ3v) is 3.08. The Bertz CT molecular complexity index is 289. The Hall–Kier alpha value is -1.00. The van der Waals surface area contributed by atoms with E-state index in [2.05, 4.69) is 0 Å². The summed E-state index contributed by atoms with van der Waals surface area (Å²) in [7, 11) is 0. The predicted octanol–water partition coefficient (Wildman–Crippen LogP) is 1.33. The summed E-state index contributed by atoms with van der Waals surface area (Å²) in [5.74, 6) is -0.150. The molecule has 1 rings (SSSR count). The van der Waals surface area contributed by atoms with E-state index in [0.717, 1.165) is 5.56 Å². The molecule has 0 aliphatic heterocycles. The number of thioether (sulfide) groups is 1. The van der Waals surface area contributed by atoms with Crippen LogP contribution in [0.3, 0.4) is 0 Å². The zero-order valence-electron chi connectivity index (χ0n) is 7.72. The summed E-state index contributed by atoms with van der Waals surface area (Å²) < 4.78 is 0. The number of carboxylic acid groups (broad SMARTS) is 1. The normalized spacial score (nSPS) is 12.4. The molecule has 0 spiro atoms. The number of rotatable bonds is 5. The molecule has 1 aromatic rings. The summed E-state index contributed by atoms with van der Waals surface area (Å²) in [6.07, 6.45) is 0. The van der Waals surface area contributed by atoms with Crippen molar-refractivity contribution in [2.45, 2.75) is 11.0 Å². The highest BCUT2D eigenvalue weighted by molar-refractivity contribution is 7.99. The van der Waals surface area contributed by atoms with E-state index in [1.165, 1.54) is 11.8 Å². The number of nitrogens with two attached hydrogens (primary N) is 1. The van der Waals surface area contributed by atoms with Crippen LogP contribution in [0.15, 0.2) is 30.3 Å².